The van der Waals surface area contributed by atoms with Gasteiger partial charge in [0.15, 0.2) is 0 Å². The van der Waals surface area contributed by atoms with Crippen LogP contribution in [0.5, 0.6) is 5.75 Å². The van der Waals surface area contributed by atoms with Crippen molar-refractivity contribution in [2.75, 3.05) is 0 Å². The number of nitrogens with zero attached hydrogens (tertiary/aromatic N) is 2. The highest BCUT2D eigenvalue weighted by molar-refractivity contribution is 9.10. The van der Waals surface area contributed by atoms with Crippen LogP contribution in [-0.2, 0) is 0 Å². The summed E-state index contributed by atoms with van der Waals surface area (Å²) in [4.78, 5) is 12.4. The van der Waals surface area contributed by atoms with Crippen LogP contribution in [0.2, 0.25) is 10.0 Å². The van der Waals surface area contributed by atoms with Crippen LogP contribution in [-0.4, -0.2) is 21.8 Å². The Morgan fingerprint density at radius 2 is 1.82 bits per heavy atom. The van der Waals surface area contributed by atoms with E-state index in [1.807, 2.05) is 36.6 Å². The predicted octanol–water partition coefficient (Wildman–Crippen LogP) is 5.63. The number of aryl methyl sites for hydroxylation is 2. The molecule has 2 aromatic carbocycles. The molecule has 144 valence electrons. The summed E-state index contributed by atoms with van der Waals surface area (Å²) in [6, 6.07) is 12.3. The summed E-state index contributed by atoms with van der Waals surface area (Å²) >= 11 is 15.5. The Morgan fingerprint density at radius 3 is 2.46 bits per heavy atom. The molecule has 28 heavy (non-hydrogen) atoms. The largest absolute Gasteiger partial charge is 0.506 e. The molecule has 0 atom stereocenters. The minimum atomic E-state index is -0.464. The number of halogens is 3. The standard InChI is InChI=1S/C20H16BrCl2N3O2/c1-11-3-4-12(2)26(11)15-5-6-16(18(23)9-15)20(28)25-24-10-13-7-14(22)8-17(21)19(13)27/h3-10,27H,1-2H3,(H,25,28)/b24-10-. The SMILES string of the molecule is Cc1ccc(C)n1-c1ccc(C(=O)N/N=C\c2cc(Cl)cc(Br)c2O)c(Cl)c1. The monoisotopic (exact) mass is 479 g/mol. The summed E-state index contributed by atoms with van der Waals surface area (Å²) in [5, 5.41) is 14.6. The molecule has 0 saturated heterocycles. The number of hydrogen-bond acceptors (Lipinski definition) is 3. The number of phenols is 1. The fourth-order valence-corrected chi connectivity index (χ4v) is 3.90. The van der Waals surface area contributed by atoms with Crippen LogP contribution in [0, 0.1) is 13.8 Å². The van der Waals surface area contributed by atoms with Crippen LogP contribution < -0.4 is 5.43 Å². The first-order valence-corrected chi connectivity index (χ1v) is 9.79. The number of aromatic hydroxyl groups is 1. The molecule has 8 heteroatoms. The maximum absolute atomic E-state index is 12.4. The van der Waals surface area contributed by atoms with Gasteiger partial charge < -0.3 is 9.67 Å². The molecule has 0 bridgehead atoms. The van der Waals surface area contributed by atoms with Crippen molar-refractivity contribution >= 4 is 51.3 Å². The van der Waals surface area contributed by atoms with Crippen LogP contribution in [0.25, 0.3) is 5.69 Å². The van der Waals surface area contributed by atoms with Crippen molar-refractivity contribution in [1.82, 2.24) is 9.99 Å². The highest BCUT2D eigenvalue weighted by Gasteiger charge is 2.13. The molecule has 3 rings (SSSR count). The second-order valence-corrected chi connectivity index (χ2v) is 7.84. The van der Waals surface area contributed by atoms with E-state index in [0.29, 0.717) is 25.6 Å². The number of phenolic OH excluding ortho intramolecular Hbond substituents is 1. The van der Waals surface area contributed by atoms with Crippen molar-refractivity contribution in [1.29, 1.82) is 0 Å². The van der Waals surface area contributed by atoms with Gasteiger partial charge in [0.1, 0.15) is 5.75 Å². The summed E-state index contributed by atoms with van der Waals surface area (Å²) in [5.41, 5.74) is 6.07. The smallest absolute Gasteiger partial charge is 0.272 e. The van der Waals surface area contributed by atoms with Crippen LogP contribution in [0.3, 0.4) is 0 Å². The molecule has 1 heterocycles. The van der Waals surface area contributed by atoms with Gasteiger partial charge in [0.05, 0.1) is 21.3 Å². The number of carbonyl (C=O) groups excluding carboxylic acids is 1. The first kappa shape index (κ1) is 20.5. The number of hydrogen-bond donors (Lipinski definition) is 2. The fourth-order valence-electron chi connectivity index (χ4n) is 2.81. The van der Waals surface area contributed by atoms with E-state index < -0.39 is 5.91 Å². The third-order valence-electron chi connectivity index (χ3n) is 4.15. The van der Waals surface area contributed by atoms with Gasteiger partial charge in [0.25, 0.3) is 5.91 Å². The van der Waals surface area contributed by atoms with Crippen molar-refractivity contribution in [2.45, 2.75) is 13.8 Å². The second-order valence-electron chi connectivity index (χ2n) is 6.14. The molecule has 1 amide bonds. The molecule has 0 radical (unpaired) electrons. The van der Waals surface area contributed by atoms with Crippen molar-refractivity contribution in [3.63, 3.8) is 0 Å². The normalized spacial score (nSPS) is 11.2. The van der Waals surface area contributed by atoms with E-state index in [1.165, 1.54) is 12.3 Å². The number of hydrazone groups is 1. The average Bonchev–Trinajstić information content (AvgIpc) is 2.97. The van der Waals surface area contributed by atoms with Crippen LogP contribution in [0.4, 0.5) is 0 Å². The number of carbonyl (C=O) groups is 1. The Morgan fingerprint density at radius 1 is 1.14 bits per heavy atom. The van der Waals surface area contributed by atoms with E-state index >= 15 is 0 Å². The molecular formula is C20H16BrCl2N3O2. The fraction of sp³-hybridized carbons (Fsp3) is 0.100. The maximum atomic E-state index is 12.4. The van der Waals surface area contributed by atoms with E-state index in [9.17, 15) is 9.90 Å². The van der Waals surface area contributed by atoms with Gasteiger partial charge in [-0.15, -0.1) is 0 Å². The number of rotatable bonds is 4. The van der Waals surface area contributed by atoms with Crippen molar-refractivity contribution in [2.24, 2.45) is 5.10 Å². The van der Waals surface area contributed by atoms with Crippen molar-refractivity contribution < 1.29 is 9.90 Å². The zero-order valence-electron chi connectivity index (χ0n) is 15.0. The maximum Gasteiger partial charge on any atom is 0.272 e. The van der Waals surface area contributed by atoms with Gasteiger partial charge in [-0.1, -0.05) is 23.2 Å². The van der Waals surface area contributed by atoms with Crippen LogP contribution in [0.1, 0.15) is 27.3 Å². The summed E-state index contributed by atoms with van der Waals surface area (Å²) in [6.07, 6.45) is 1.30. The van der Waals surface area contributed by atoms with Crippen LogP contribution >= 0.6 is 39.1 Å². The number of aromatic nitrogens is 1. The van der Waals surface area contributed by atoms with E-state index in [-0.39, 0.29) is 5.75 Å². The van der Waals surface area contributed by atoms with Crippen molar-refractivity contribution in [3.05, 3.63) is 79.5 Å². The topological polar surface area (TPSA) is 66.6 Å². The molecule has 2 N–H and O–H groups in total. The minimum Gasteiger partial charge on any atom is -0.506 e. The zero-order valence-corrected chi connectivity index (χ0v) is 18.1. The van der Waals surface area contributed by atoms with E-state index in [2.05, 4.69) is 26.5 Å². The first-order valence-electron chi connectivity index (χ1n) is 8.24. The summed E-state index contributed by atoms with van der Waals surface area (Å²) in [6.45, 7) is 4.00. The molecule has 3 aromatic rings. The molecule has 0 fully saturated rings. The quantitative estimate of drug-likeness (QED) is 0.375. The Labute approximate surface area is 180 Å². The second kappa shape index (κ2) is 8.39. The summed E-state index contributed by atoms with van der Waals surface area (Å²) < 4.78 is 2.48. The van der Waals surface area contributed by atoms with E-state index in [4.69, 9.17) is 23.2 Å². The summed E-state index contributed by atoms with van der Waals surface area (Å²) in [7, 11) is 0. The molecule has 0 aliphatic heterocycles. The number of amides is 1. The molecule has 1 aromatic heterocycles. The zero-order chi connectivity index (χ0) is 20.4. The van der Waals surface area contributed by atoms with Gasteiger partial charge in [0, 0.05) is 27.7 Å². The molecule has 0 aliphatic carbocycles. The molecule has 5 nitrogen and oxygen atoms in total. The lowest BCUT2D eigenvalue weighted by Crippen LogP contribution is -2.18. The van der Waals surface area contributed by atoms with Gasteiger partial charge in [-0.05, 0) is 72.2 Å². The predicted molar refractivity (Wildman–Crippen MR) is 116 cm³/mol. The third kappa shape index (κ3) is 4.24. The summed E-state index contributed by atoms with van der Waals surface area (Å²) in [5.74, 6) is -0.489. The van der Waals surface area contributed by atoms with Gasteiger partial charge in [-0.25, -0.2) is 5.43 Å². The number of benzene rings is 2. The Balaban J connectivity index is 1.78. The molecular weight excluding hydrogens is 465 g/mol. The van der Waals surface area contributed by atoms with Gasteiger partial charge >= 0.3 is 0 Å². The molecule has 0 aliphatic rings. The van der Waals surface area contributed by atoms with Gasteiger partial charge in [-0.3, -0.25) is 4.79 Å². The Hall–Kier alpha value is -2.28. The van der Waals surface area contributed by atoms with Gasteiger partial charge in [0.2, 0.25) is 0 Å². The lowest BCUT2D eigenvalue weighted by atomic mass is 10.2. The van der Waals surface area contributed by atoms with Gasteiger partial charge in [-0.2, -0.15) is 5.10 Å². The number of nitrogens with one attached hydrogen (secondary N) is 1. The average molecular weight is 481 g/mol. The highest BCUT2D eigenvalue weighted by atomic mass is 79.9. The Kier molecular flexibility index (Phi) is 6.13. The lowest BCUT2D eigenvalue weighted by Gasteiger charge is -2.11. The van der Waals surface area contributed by atoms with E-state index in [1.54, 1.807) is 18.2 Å². The Bertz CT molecular complexity index is 1070. The van der Waals surface area contributed by atoms with E-state index in [0.717, 1.165) is 17.1 Å². The molecule has 0 saturated carbocycles. The highest BCUT2D eigenvalue weighted by Crippen LogP contribution is 2.30. The molecule has 0 unspecified atom stereocenters. The first-order chi connectivity index (χ1) is 13.3. The minimum absolute atomic E-state index is 0.0257. The molecule has 0 spiro atoms. The lowest BCUT2D eigenvalue weighted by molar-refractivity contribution is 0.0955. The van der Waals surface area contributed by atoms with Crippen LogP contribution in [0.15, 0.2) is 52.0 Å². The third-order valence-corrected chi connectivity index (χ3v) is 5.29. The van der Waals surface area contributed by atoms with Crippen molar-refractivity contribution in [3.8, 4) is 11.4 Å².